The normalized spacial score (nSPS) is 35.2. The summed E-state index contributed by atoms with van der Waals surface area (Å²) in [6, 6.07) is 0. The van der Waals surface area contributed by atoms with Gasteiger partial charge in [-0.25, -0.2) is 4.79 Å². The van der Waals surface area contributed by atoms with Crippen LogP contribution < -0.4 is 0 Å². The zero-order chi connectivity index (χ0) is 47.1. The number of hydrogen-bond acceptors (Lipinski definition) is 19. The van der Waals surface area contributed by atoms with E-state index in [1.807, 2.05) is 13.8 Å². The highest BCUT2D eigenvalue weighted by Crippen LogP contribution is 2.34. The minimum atomic E-state index is -1.94. The van der Waals surface area contributed by atoms with Gasteiger partial charge in [0.05, 0.1) is 19.8 Å². The van der Waals surface area contributed by atoms with E-state index >= 15 is 0 Å². The van der Waals surface area contributed by atoms with Crippen molar-refractivity contribution < 1.29 is 93.4 Å². The second-order valence-corrected chi connectivity index (χ2v) is 17.1. The van der Waals surface area contributed by atoms with Crippen LogP contribution in [0.1, 0.15) is 86.0 Å². The van der Waals surface area contributed by atoms with Crippen molar-refractivity contribution in [3.63, 3.8) is 0 Å². The van der Waals surface area contributed by atoms with E-state index in [2.05, 4.69) is 38.2 Å². The van der Waals surface area contributed by atoms with Gasteiger partial charge >= 0.3 is 11.9 Å². The Morgan fingerprint density at radius 3 is 1.75 bits per heavy atom. The lowest BCUT2D eigenvalue weighted by atomic mass is 9.96. The Bertz CT molecular complexity index is 1640. The first kappa shape index (κ1) is 53.7. The average Bonchev–Trinajstić information content (AvgIpc) is 3.67. The third-order valence-electron chi connectivity index (χ3n) is 11.5. The summed E-state index contributed by atoms with van der Waals surface area (Å²) in [6.45, 7) is 7.55. The van der Waals surface area contributed by atoms with Crippen molar-refractivity contribution in [3.05, 3.63) is 58.2 Å². The number of rotatable bonds is 23. The van der Waals surface area contributed by atoms with Crippen molar-refractivity contribution in [1.29, 1.82) is 0 Å². The van der Waals surface area contributed by atoms with E-state index < -0.39 is 118 Å². The molecule has 0 aromatic rings. The van der Waals surface area contributed by atoms with Crippen molar-refractivity contribution >= 4 is 11.9 Å². The zero-order valence-electron chi connectivity index (χ0n) is 37.3. The lowest BCUT2D eigenvalue weighted by Gasteiger charge is -2.48. The van der Waals surface area contributed by atoms with Crippen molar-refractivity contribution in [2.24, 2.45) is 0 Å². The molecule has 0 unspecified atom stereocenters. The Labute approximate surface area is 374 Å². The molecule has 3 fully saturated rings. The van der Waals surface area contributed by atoms with E-state index in [9.17, 15) is 55.5 Å². The molecule has 19 nitrogen and oxygen atoms in total. The summed E-state index contributed by atoms with van der Waals surface area (Å²) in [6.07, 6.45) is -9.18. The number of ether oxygens (including phenoxy) is 8. The van der Waals surface area contributed by atoms with E-state index in [1.165, 1.54) is 11.1 Å². The van der Waals surface area contributed by atoms with Crippen molar-refractivity contribution in [2.45, 2.75) is 178 Å². The van der Waals surface area contributed by atoms with Crippen molar-refractivity contribution in [1.82, 2.24) is 0 Å². The Hall–Kier alpha value is -2.96. The zero-order valence-corrected chi connectivity index (χ0v) is 37.3. The summed E-state index contributed by atoms with van der Waals surface area (Å²) in [7, 11) is 0. The first-order valence-corrected chi connectivity index (χ1v) is 21.9. The fraction of sp³-hybridized carbons (Fsp3) is 0.733. The molecule has 4 aliphatic heterocycles. The van der Waals surface area contributed by atoms with E-state index in [4.69, 9.17) is 37.9 Å². The van der Waals surface area contributed by atoms with Gasteiger partial charge in [0.25, 0.3) is 0 Å². The van der Waals surface area contributed by atoms with Crippen LogP contribution in [0.15, 0.2) is 58.2 Å². The minimum Gasteiger partial charge on any atom is -0.463 e. The van der Waals surface area contributed by atoms with Crippen molar-refractivity contribution in [2.75, 3.05) is 33.0 Å². The van der Waals surface area contributed by atoms with Gasteiger partial charge in [0.1, 0.15) is 86.5 Å². The van der Waals surface area contributed by atoms with E-state index in [1.54, 1.807) is 6.08 Å². The van der Waals surface area contributed by atoms with Crippen molar-refractivity contribution in [3.8, 4) is 0 Å². The number of esters is 2. The Kier molecular flexibility index (Phi) is 22.1. The largest absolute Gasteiger partial charge is 0.463 e. The molecule has 9 N–H and O–H groups in total. The van der Waals surface area contributed by atoms with Crippen LogP contribution in [-0.2, 0) is 47.5 Å². The first-order chi connectivity index (χ1) is 30.4. The number of aliphatic hydroxyl groups is 9. The van der Waals surface area contributed by atoms with Gasteiger partial charge in [-0.15, -0.1) is 0 Å². The fourth-order valence-electron chi connectivity index (χ4n) is 7.61. The fourth-order valence-corrected chi connectivity index (χ4v) is 7.61. The summed E-state index contributed by atoms with van der Waals surface area (Å²) in [5.74, 6) is -1.00. The van der Waals surface area contributed by atoms with Gasteiger partial charge in [0.2, 0.25) is 0 Å². The number of hydrogen-bond donors (Lipinski definition) is 9. The predicted octanol–water partition coefficient (Wildman–Crippen LogP) is 0.411. The summed E-state index contributed by atoms with van der Waals surface area (Å²) >= 11 is 0. The molecule has 0 saturated carbocycles. The van der Waals surface area contributed by atoms with Crippen LogP contribution in [-0.4, -0.2) is 183 Å². The van der Waals surface area contributed by atoms with Gasteiger partial charge in [0.15, 0.2) is 18.9 Å². The molecule has 0 aliphatic carbocycles. The molecule has 4 aliphatic rings. The summed E-state index contributed by atoms with van der Waals surface area (Å²) in [5, 5.41) is 96.2. The highest BCUT2D eigenvalue weighted by Gasteiger charge is 2.54. The molecule has 0 amide bonds. The molecule has 0 radical (unpaired) electrons. The predicted molar refractivity (Wildman–Crippen MR) is 226 cm³/mol. The maximum atomic E-state index is 11.4. The maximum Gasteiger partial charge on any atom is 0.331 e. The molecular weight excluding hydrogens is 844 g/mol. The average molecular weight is 915 g/mol. The third-order valence-corrected chi connectivity index (χ3v) is 11.5. The number of aliphatic hydroxyl groups excluding tert-OH is 9. The number of carbonyl (C=O) groups excluding carboxylic acids is 2. The number of cyclic esters (lactones) is 1. The summed E-state index contributed by atoms with van der Waals surface area (Å²) in [4.78, 5) is 22.7. The molecule has 3 saturated heterocycles. The Morgan fingerprint density at radius 1 is 0.641 bits per heavy atom. The smallest absolute Gasteiger partial charge is 0.331 e. The quantitative estimate of drug-likeness (QED) is 0.0496. The molecule has 0 bridgehead atoms. The second-order valence-electron chi connectivity index (χ2n) is 17.1. The Morgan fingerprint density at radius 2 is 1.17 bits per heavy atom. The van der Waals surface area contributed by atoms with Crippen LogP contribution in [0.4, 0.5) is 0 Å². The van der Waals surface area contributed by atoms with Crippen LogP contribution in [0.3, 0.4) is 0 Å². The molecule has 4 rings (SSSR count). The maximum absolute atomic E-state index is 11.4. The molecule has 64 heavy (non-hydrogen) atoms. The van der Waals surface area contributed by atoms with Crippen LogP contribution in [0.25, 0.3) is 0 Å². The van der Waals surface area contributed by atoms with Gasteiger partial charge in [-0.3, -0.25) is 4.79 Å². The second kappa shape index (κ2) is 26.4. The summed E-state index contributed by atoms with van der Waals surface area (Å²) in [5.41, 5.74) is 5.50. The first-order valence-electron chi connectivity index (χ1n) is 21.9. The van der Waals surface area contributed by atoms with Crippen LogP contribution in [0, 0.1) is 0 Å². The molecule has 15 atom stereocenters. The number of carbonyl (C=O) groups is 2. The highest BCUT2D eigenvalue weighted by molar-refractivity contribution is 5.85. The molecular formula is C45H70O19. The van der Waals surface area contributed by atoms with Gasteiger partial charge < -0.3 is 83.9 Å². The number of allylic oxidation sites excluding steroid dienone is 7. The van der Waals surface area contributed by atoms with Gasteiger partial charge in [-0.1, -0.05) is 41.0 Å². The molecule has 0 aromatic heterocycles. The molecule has 19 heteroatoms. The van der Waals surface area contributed by atoms with E-state index in [0.29, 0.717) is 25.9 Å². The SMILES string of the molecule is CC(=O)OC[C@H]1O[C@@H](O[C@H]2[C@H](O[C@H]3[C@H](OCC(=CCCC(C)=CCCC(C)=CCCC4=CC(=O)OC4)CCC=C(C)C)O[C@H](CO)[C@@H](O)[C@@H]3O)O[C@H](CO)[C@@H](O)[C@@H]2O)[C@H](O)[C@@H](O)[C@@H]1O. The molecule has 0 aromatic carbocycles. The van der Waals surface area contributed by atoms with Crippen LogP contribution in [0.5, 0.6) is 0 Å². The topological polar surface area (TPSA) is 290 Å². The lowest BCUT2D eigenvalue weighted by Crippen LogP contribution is -2.67. The molecule has 364 valence electrons. The van der Waals surface area contributed by atoms with Gasteiger partial charge in [-0.2, -0.15) is 0 Å². The Balaban J connectivity index is 1.47. The van der Waals surface area contributed by atoms with Crippen LogP contribution in [0.2, 0.25) is 0 Å². The third kappa shape index (κ3) is 15.8. The molecule has 4 heterocycles. The summed E-state index contributed by atoms with van der Waals surface area (Å²) < 4.78 is 45.4. The van der Waals surface area contributed by atoms with E-state index in [-0.39, 0.29) is 12.6 Å². The van der Waals surface area contributed by atoms with E-state index in [0.717, 1.165) is 55.7 Å². The van der Waals surface area contributed by atoms with Gasteiger partial charge in [-0.05, 0) is 90.2 Å². The monoisotopic (exact) mass is 914 g/mol. The highest BCUT2D eigenvalue weighted by atomic mass is 16.8. The molecule has 0 spiro atoms. The minimum absolute atomic E-state index is 0.0237. The standard InChI is InChI=1S/C45H70O19/c1-24(2)10-6-15-28(16-8-13-25(3)11-7-12-26(4)14-9-17-29-18-33(49)58-22-29)21-59-44-41(38(54)34(50)30(19-46)60-44)64-45-42(39(55)35(51)31(20-47)61-45)63-43-40(56)37(53)36(52)32(62-43)23-57-27(5)48/h10-11,14,16,18,30-32,34-47,50-56H,6-9,12-13,15,17,19-23H2,1-5H3/t30-,31-,32-,34-,35-,36-,37+,38+,39+,40-,41-,42-,43+,44-,45+/m1/s1. The van der Waals surface area contributed by atoms with Gasteiger partial charge in [0, 0.05) is 13.0 Å². The van der Waals surface area contributed by atoms with Crippen LogP contribution >= 0.6 is 0 Å². The lowest BCUT2D eigenvalue weighted by molar-refractivity contribution is -0.393.